The fourth-order valence-corrected chi connectivity index (χ4v) is 6.18. The van der Waals surface area contributed by atoms with E-state index in [1.54, 1.807) is 6.07 Å². The third kappa shape index (κ3) is 7.92. The maximum atomic E-state index is 12.0. The van der Waals surface area contributed by atoms with Crippen molar-refractivity contribution in [3.05, 3.63) is 93.9 Å². The zero-order valence-corrected chi connectivity index (χ0v) is 25.2. The second kappa shape index (κ2) is 14.0. The van der Waals surface area contributed by atoms with Crippen LogP contribution in [0.15, 0.2) is 77.9 Å². The number of aryl methyl sites for hydroxylation is 1. The Labute approximate surface area is 246 Å². The molecule has 2 unspecified atom stereocenters. The lowest BCUT2D eigenvalue weighted by atomic mass is 9.68. The number of phenols is 2. The van der Waals surface area contributed by atoms with E-state index >= 15 is 0 Å². The van der Waals surface area contributed by atoms with Crippen LogP contribution < -0.4 is 10.4 Å². The maximum absolute atomic E-state index is 12.0. The molecule has 1 fully saturated rings. The Hall–Kier alpha value is -3.30. The lowest BCUT2D eigenvalue weighted by molar-refractivity contribution is -0.0345. The van der Waals surface area contributed by atoms with Crippen molar-refractivity contribution in [3.8, 4) is 22.6 Å². The van der Waals surface area contributed by atoms with Crippen molar-refractivity contribution in [3.63, 3.8) is 0 Å². The minimum atomic E-state index is -0.827. The minimum Gasteiger partial charge on any atom is -0.504 e. The van der Waals surface area contributed by atoms with Crippen LogP contribution in [0.25, 0.3) is 23.8 Å². The number of rotatable bonds is 9. The van der Waals surface area contributed by atoms with Crippen molar-refractivity contribution in [1.29, 1.82) is 0 Å². The topological polar surface area (TPSA) is 60.7 Å². The lowest BCUT2D eigenvalue weighted by Crippen LogP contribution is -2.42. The summed E-state index contributed by atoms with van der Waals surface area (Å²) in [6, 6.07) is 21.6. The highest BCUT2D eigenvalue weighted by atomic mass is 16.3. The first-order valence-electron chi connectivity index (χ1n) is 15.6. The molecule has 2 atom stereocenters. The van der Waals surface area contributed by atoms with Crippen LogP contribution >= 0.6 is 0 Å². The third-order valence-corrected chi connectivity index (χ3v) is 9.05. The number of allylic oxidation sites excluding steroid dienone is 1. The Morgan fingerprint density at radius 1 is 0.927 bits per heavy atom. The largest absolute Gasteiger partial charge is 0.504 e. The van der Waals surface area contributed by atoms with Crippen LogP contribution in [0.2, 0.25) is 0 Å². The van der Waals surface area contributed by atoms with Crippen molar-refractivity contribution in [2.24, 2.45) is 11.8 Å². The fourth-order valence-electron chi connectivity index (χ4n) is 6.18. The summed E-state index contributed by atoms with van der Waals surface area (Å²) in [5.41, 5.74) is 5.01. The molecule has 0 heterocycles. The normalized spacial score (nSPS) is 21.0. The van der Waals surface area contributed by atoms with E-state index in [4.69, 9.17) is 0 Å². The molecular formula is C38H48O3. The van der Waals surface area contributed by atoms with Gasteiger partial charge in [0.25, 0.3) is 0 Å². The molecule has 41 heavy (non-hydrogen) atoms. The Morgan fingerprint density at radius 3 is 2.29 bits per heavy atom. The van der Waals surface area contributed by atoms with Gasteiger partial charge in [0.05, 0.1) is 5.60 Å². The zero-order valence-electron chi connectivity index (χ0n) is 25.2. The monoisotopic (exact) mass is 552 g/mol. The summed E-state index contributed by atoms with van der Waals surface area (Å²) in [7, 11) is 0. The lowest BCUT2D eigenvalue weighted by Gasteiger charge is -2.42. The summed E-state index contributed by atoms with van der Waals surface area (Å²) in [6.07, 6.45) is 12.4. The molecule has 0 saturated heterocycles. The van der Waals surface area contributed by atoms with Crippen LogP contribution in [0.5, 0.6) is 11.5 Å². The van der Waals surface area contributed by atoms with E-state index in [-0.39, 0.29) is 17.4 Å². The quantitative estimate of drug-likeness (QED) is 0.235. The van der Waals surface area contributed by atoms with E-state index in [0.717, 1.165) is 58.7 Å². The highest BCUT2D eigenvalue weighted by molar-refractivity contribution is 5.65. The van der Waals surface area contributed by atoms with Gasteiger partial charge in [-0.15, -0.1) is 0 Å². The van der Waals surface area contributed by atoms with E-state index in [1.165, 1.54) is 36.5 Å². The first-order valence-corrected chi connectivity index (χ1v) is 15.6. The molecule has 0 spiro atoms. The van der Waals surface area contributed by atoms with Crippen molar-refractivity contribution in [2.45, 2.75) is 90.6 Å². The van der Waals surface area contributed by atoms with Gasteiger partial charge in [-0.2, -0.15) is 0 Å². The van der Waals surface area contributed by atoms with E-state index in [1.807, 2.05) is 24.3 Å². The van der Waals surface area contributed by atoms with Gasteiger partial charge >= 0.3 is 0 Å². The summed E-state index contributed by atoms with van der Waals surface area (Å²) < 4.78 is 0. The van der Waals surface area contributed by atoms with Crippen molar-refractivity contribution in [1.82, 2.24) is 0 Å². The molecule has 2 aliphatic rings. The van der Waals surface area contributed by atoms with Gasteiger partial charge in [-0.25, -0.2) is 0 Å². The summed E-state index contributed by atoms with van der Waals surface area (Å²) in [4.78, 5) is 0. The van der Waals surface area contributed by atoms with Gasteiger partial charge in [-0.1, -0.05) is 119 Å². The highest BCUT2D eigenvalue weighted by Crippen LogP contribution is 2.44. The Kier molecular flexibility index (Phi) is 10.5. The SMILES string of the molecule is C=c1c(-c2ccccc2)ccc/c1=C/C1=C(CC)CC(CCC)C(O)(CCc2ccc(O)c(O)c2)C1.CCC1CC1. The number of hydrogen-bond acceptors (Lipinski definition) is 3. The molecule has 1 saturated carbocycles. The van der Waals surface area contributed by atoms with Crippen molar-refractivity contribution < 1.29 is 15.3 Å². The summed E-state index contributed by atoms with van der Waals surface area (Å²) in [5, 5.41) is 33.7. The smallest absolute Gasteiger partial charge is 0.157 e. The predicted molar refractivity (Wildman–Crippen MR) is 172 cm³/mol. The van der Waals surface area contributed by atoms with Crippen molar-refractivity contribution >= 4 is 12.7 Å². The molecule has 2 aliphatic carbocycles. The number of phenolic OH excluding ortho intramolecular Hbond substituents is 2. The third-order valence-electron chi connectivity index (χ3n) is 9.05. The molecule has 3 aromatic rings. The van der Waals surface area contributed by atoms with Crippen LogP contribution in [0.4, 0.5) is 0 Å². The Balaban J connectivity index is 0.000000699. The number of benzene rings is 3. The van der Waals surface area contributed by atoms with E-state index in [9.17, 15) is 15.3 Å². The second-order valence-corrected chi connectivity index (χ2v) is 12.0. The molecule has 0 radical (unpaired) electrons. The van der Waals surface area contributed by atoms with Gasteiger partial charge in [-0.05, 0) is 88.8 Å². The van der Waals surface area contributed by atoms with Gasteiger partial charge in [0.15, 0.2) is 11.5 Å². The van der Waals surface area contributed by atoms with Gasteiger partial charge in [-0.3, -0.25) is 0 Å². The first kappa shape index (κ1) is 30.7. The van der Waals surface area contributed by atoms with Crippen LogP contribution in [-0.2, 0) is 6.42 Å². The maximum Gasteiger partial charge on any atom is 0.157 e. The van der Waals surface area contributed by atoms with Crippen LogP contribution in [0.1, 0.15) is 84.1 Å². The van der Waals surface area contributed by atoms with Crippen molar-refractivity contribution in [2.75, 3.05) is 0 Å². The summed E-state index contributed by atoms with van der Waals surface area (Å²) in [5.74, 6) is 1.11. The fraction of sp³-hybridized carbons (Fsp3) is 0.421. The predicted octanol–water partition coefficient (Wildman–Crippen LogP) is 8.04. The molecule has 0 bridgehead atoms. The molecule has 0 aliphatic heterocycles. The zero-order chi connectivity index (χ0) is 29.4. The van der Waals surface area contributed by atoms with Crippen LogP contribution in [0, 0.1) is 11.8 Å². The molecule has 218 valence electrons. The molecule has 3 aromatic carbocycles. The molecule has 3 N–H and O–H groups in total. The average Bonchev–Trinajstić information content (AvgIpc) is 3.82. The Morgan fingerprint density at radius 2 is 1.68 bits per heavy atom. The average molecular weight is 553 g/mol. The molecule has 5 rings (SSSR count). The van der Waals surface area contributed by atoms with Gasteiger partial charge < -0.3 is 15.3 Å². The van der Waals surface area contributed by atoms with Gasteiger partial charge in [0, 0.05) is 6.42 Å². The number of hydrogen-bond donors (Lipinski definition) is 3. The highest BCUT2D eigenvalue weighted by Gasteiger charge is 2.40. The molecule has 3 heteroatoms. The first-order chi connectivity index (χ1) is 19.8. The molecule has 3 nitrogen and oxygen atoms in total. The summed E-state index contributed by atoms with van der Waals surface area (Å²) in [6.45, 7) is 11.1. The summed E-state index contributed by atoms with van der Waals surface area (Å²) >= 11 is 0. The van der Waals surface area contributed by atoms with E-state index in [0.29, 0.717) is 19.3 Å². The number of aromatic hydroxyl groups is 2. The molecular weight excluding hydrogens is 504 g/mol. The van der Waals surface area contributed by atoms with E-state index < -0.39 is 5.60 Å². The minimum absolute atomic E-state index is 0.114. The number of aliphatic hydroxyl groups is 1. The van der Waals surface area contributed by atoms with Gasteiger partial charge in [0.2, 0.25) is 0 Å². The van der Waals surface area contributed by atoms with Crippen LogP contribution in [-0.4, -0.2) is 20.9 Å². The Bertz CT molecular complexity index is 1430. The second-order valence-electron chi connectivity index (χ2n) is 12.0. The molecule has 0 amide bonds. The molecule has 0 aromatic heterocycles. The van der Waals surface area contributed by atoms with E-state index in [2.05, 4.69) is 63.8 Å². The van der Waals surface area contributed by atoms with Crippen LogP contribution in [0.3, 0.4) is 0 Å². The standard InChI is InChI=1S/C33H38O3.C5H10/c1-4-10-29-21-25(5-2)28(22-33(29,36)18-17-24-15-16-31(34)32(35)19-24)20-27-13-9-14-30(23(27)3)26-11-7-6-8-12-26;1-2-5-3-4-5/h6-9,11-16,19-20,29,34-36H,3-5,10,17-18,21-22H2,1-2H3;5H,2-4H2,1H3/b27-20-;. The van der Waals surface area contributed by atoms with Gasteiger partial charge in [0.1, 0.15) is 0 Å².